The molecule has 1 aliphatic rings. The molecule has 1 amide bonds. The number of nitrogens with zero attached hydrogens (tertiary/aromatic N) is 2. The SMILES string of the molecule is CCCC1CCC(=O)N(Cc2cc(Cl)ccn2)CC1. The van der Waals surface area contributed by atoms with E-state index in [0.717, 1.165) is 25.1 Å². The van der Waals surface area contributed by atoms with Crippen LogP contribution in [0.4, 0.5) is 0 Å². The Balaban J connectivity index is 1.97. The van der Waals surface area contributed by atoms with Crippen molar-refractivity contribution in [2.45, 2.75) is 45.6 Å². The molecule has 0 saturated carbocycles. The van der Waals surface area contributed by atoms with E-state index in [1.165, 1.54) is 12.8 Å². The molecule has 1 aliphatic heterocycles. The van der Waals surface area contributed by atoms with Gasteiger partial charge >= 0.3 is 0 Å². The minimum atomic E-state index is 0.250. The van der Waals surface area contributed by atoms with Gasteiger partial charge in [0.25, 0.3) is 0 Å². The van der Waals surface area contributed by atoms with Crippen LogP contribution in [0.2, 0.25) is 5.02 Å². The number of carbonyl (C=O) groups is 1. The maximum atomic E-state index is 12.1. The Morgan fingerprint density at radius 3 is 3.05 bits per heavy atom. The summed E-state index contributed by atoms with van der Waals surface area (Å²) in [7, 11) is 0. The molecule has 0 spiro atoms. The van der Waals surface area contributed by atoms with E-state index >= 15 is 0 Å². The van der Waals surface area contributed by atoms with E-state index in [9.17, 15) is 4.79 Å². The van der Waals surface area contributed by atoms with Gasteiger partial charge in [0.05, 0.1) is 12.2 Å². The van der Waals surface area contributed by atoms with Gasteiger partial charge in [-0.25, -0.2) is 0 Å². The molecule has 0 bridgehead atoms. The summed E-state index contributed by atoms with van der Waals surface area (Å²) in [6.45, 7) is 3.64. The second-order valence-electron chi connectivity index (χ2n) is 5.26. The number of hydrogen-bond donors (Lipinski definition) is 0. The lowest BCUT2D eigenvalue weighted by Gasteiger charge is -2.20. The van der Waals surface area contributed by atoms with Gasteiger partial charge in [-0.1, -0.05) is 31.4 Å². The maximum Gasteiger partial charge on any atom is 0.222 e. The molecular weight excluding hydrogens is 260 g/mol. The Hall–Kier alpha value is -1.09. The van der Waals surface area contributed by atoms with Crippen LogP contribution in [0, 0.1) is 5.92 Å². The van der Waals surface area contributed by atoms with Crippen molar-refractivity contribution in [1.29, 1.82) is 0 Å². The van der Waals surface area contributed by atoms with E-state index in [4.69, 9.17) is 11.6 Å². The average Bonchev–Trinajstić information content (AvgIpc) is 2.55. The van der Waals surface area contributed by atoms with Crippen molar-refractivity contribution in [2.24, 2.45) is 5.92 Å². The average molecular weight is 281 g/mol. The zero-order valence-corrected chi connectivity index (χ0v) is 12.2. The first-order valence-corrected chi connectivity index (χ1v) is 7.45. The molecule has 19 heavy (non-hydrogen) atoms. The molecule has 3 nitrogen and oxygen atoms in total. The van der Waals surface area contributed by atoms with Gasteiger partial charge in [-0.05, 0) is 30.9 Å². The van der Waals surface area contributed by atoms with E-state index in [0.29, 0.717) is 23.9 Å². The van der Waals surface area contributed by atoms with Gasteiger partial charge in [-0.3, -0.25) is 9.78 Å². The molecule has 4 heteroatoms. The van der Waals surface area contributed by atoms with Crippen molar-refractivity contribution < 1.29 is 4.79 Å². The highest BCUT2D eigenvalue weighted by molar-refractivity contribution is 6.30. The molecule has 0 aromatic carbocycles. The monoisotopic (exact) mass is 280 g/mol. The Morgan fingerprint density at radius 1 is 1.47 bits per heavy atom. The van der Waals surface area contributed by atoms with Crippen LogP contribution < -0.4 is 0 Å². The van der Waals surface area contributed by atoms with Crippen molar-refractivity contribution in [2.75, 3.05) is 6.54 Å². The molecule has 1 saturated heterocycles. The smallest absolute Gasteiger partial charge is 0.222 e. The number of aromatic nitrogens is 1. The molecular formula is C15H21ClN2O. The largest absolute Gasteiger partial charge is 0.337 e. The first-order chi connectivity index (χ1) is 9.19. The van der Waals surface area contributed by atoms with Crippen LogP contribution in [0.15, 0.2) is 18.3 Å². The van der Waals surface area contributed by atoms with E-state index < -0.39 is 0 Å². The Kier molecular flexibility index (Phi) is 5.20. The van der Waals surface area contributed by atoms with Crippen LogP contribution in [0.3, 0.4) is 0 Å². The standard InChI is InChI=1S/C15H21ClN2O/c1-2-3-12-4-5-15(19)18(9-7-12)11-14-10-13(16)6-8-17-14/h6,8,10,12H,2-5,7,9,11H2,1H3. The van der Waals surface area contributed by atoms with Gasteiger partial charge in [0.1, 0.15) is 0 Å². The third kappa shape index (κ3) is 4.20. The van der Waals surface area contributed by atoms with Crippen LogP contribution in [0.5, 0.6) is 0 Å². The quantitative estimate of drug-likeness (QED) is 0.843. The van der Waals surface area contributed by atoms with Gasteiger partial charge in [0, 0.05) is 24.2 Å². The molecule has 0 radical (unpaired) electrons. The molecule has 0 aliphatic carbocycles. The second-order valence-corrected chi connectivity index (χ2v) is 5.70. The zero-order valence-electron chi connectivity index (χ0n) is 11.4. The fourth-order valence-corrected chi connectivity index (χ4v) is 2.87. The van der Waals surface area contributed by atoms with Crippen molar-refractivity contribution in [1.82, 2.24) is 9.88 Å². The summed E-state index contributed by atoms with van der Waals surface area (Å²) in [5.74, 6) is 0.951. The van der Waals surface area contributed by atoms with E-state index in [-0.39, 0.29) is 5.91 Å². The van der Waals surface area contributed by atoms with Gasteiger partial charge < -0.3 is 4.90 Å². The second kappa shape index (κ2) is 6.90. The molecule has 1 aromatic heterocycles. The summed E-state index contributed by atoms with van der Waals surface area (Å²) in [5.41, 5.74) is 0.870. The number of likely N-dealkylation sites (tertiary alicyclic amines) is 1. The summed E-state index contributed by atoms with van der Waals surface area (Å²) in [4.78, 5) is 18.3. The molecule has 104 valence electrons. The normalized spacial score (nSPS) is 20.4. The van der Waals surface area contributed by atoms with Crippen LogP contribution in [-0.4, -0.2) is 22.3 Å². The van der Waals surface area contributed by atoms with E-state index in [1.54, 1.807) is 12.3 Å². The fourth-order valence-electron chi connectivity index (χ4n) is 2.69. The molecule has 0 N–H and O–H groups in total. The lowest BCUT2D eigenvalue weighted by molar-refractivity contribution is -0.131. The van der Waals surface area contributed by atoms with Gasteiger partial charge in [0.2, 0.25) is 5.91 Å². The molecule has 2 heterocycles. The minimum absolute atomic E-state index is 0.250. The first-order valence-electron chi connectivity index (χ1n) is 7.07. The Labute approximate surface area is 120 Å². The van der Waals surface area contributed by atoms with Crippen molar-refractivity contribution in [3.63, 3.8) is 0 Å². The Morgan fingerprint density at radius 2 is 2.32 bits per heavy atom. The summed E-state index contributed by atoms with van der Waals surface area (Å²) < 4.78 is 0. The van der Waals surface area contributed by atoms with E-state index in [2.05, 4.69) is 11.9 Å². The summed E-state index contributed by atoms with van der Waals surface area (Å²) in [5, 5.41) is 0.677. The summed E-state index contributed by atoms with van der Waals surface area (Å²) in [6.07, 6.45) is 6.95. The van der Waals surface area contributed by atoms with Crippen LogP contribution in [-0.2, 0) is 11.3 Å². The first kappa shape index (κ1) is 14.3. The van der Waals surface area contributed by atoms with Gasteiger partial charge in [-0.15, -0.1) is 0 Å². The number of carbonyl (C=O) groups excluding carboxylic acids is 1. The molecule has 1 fully saturated rings. The van der Waals surface area contributed by atoms with Crippen molar-refractivity contribution in [3.05, 3.63) is 29.0 Å². The van der Waals surface area contributed by atoms with Gasteiger partial charge in [0.15, 0.2) is 0 Å². The zero-order chi connectivity index (χ0) is 13.7. The summed E-state index contributed by atoms with van der Waals surface area (Å²) in [6, 6.07) is 3.59. The minimum Gasteiger partial charge on any atom is -0.337 e. The van der Waals surface area contributed by atoms with Crippen molar-refractivity contribution >= 4 is 17.5 Å². The third-order valence-electron chi connectivity index (χ3n) is 3.75. The third-order valence-corrected chi connectivity index (χ3v) is 3.99. The highest BCUT2D eigenvalue weighted by Gasteiger charge is 2.22. The number of hydrogen-bond acceptors (Lipinski definition) is 2. The fraction of sp³-hybridized carbons (Fsp3) is 0.600. The maximum absolute atomic E-state index is 12.1. The Bertz CT molecular complexity index is 436. The molecule has 1 unspecified atom stereocenters. The number of halogens is 1. The number of rotatable bonds is 4. The highest BCUT2D eigenvalue weighted by atomic mass is 35.5. The number of amides is 1. The lowest BCUT2D eigenvalue weighted by atomic mass is 9.96. The topological polar surface area (TPSA) is 33.2 Å². The van der Waals surface area contributed by atoms with E-state index in [1.807, 2.05) is 11.0 Å². The predicted molar refractivity (Wildman–Crippen MR) is 76.9 cm³/mol. The molecule has 1 atom stereocenters. The predicted octanol–water partition coefficient (Wildman–Crippen LogP) is 3.66. The molecule has 2 rings (SSSR count). The van der Waals surface area contributed by atoms with Gasteiger partial charge in [-0.2, -0.15) is 0 Å². The lowest BCUT2D eigenvalue weighted by Crippen LogP contribution is -2.30. The van der Waals surface area contributed by atoms with Crippen LogP contribution in [0.1, 0.15) is 44.7 Å². The van der Waals surface area contributed by atoms with Crippen molar-refractivity contribution in [3.8, 4) is 0 Å². The van der Waals surface area contributed by atoms with Crippen LogP contribution >= 0.6 is 11.6 Å². The van der Waals surface area contributed by atoms with Crippen LogP contribution in [0.25, 0.3) is 0 Å². The number of pyridine rings is 1. The molecule has 1 aromatic rings. The highest BCUT2D eigenvalue weighted by Crippen LogP contribution is 2.23. The summed E-state index contributed by atoms with van der Waals surface area (Å²) >= 11 is 5.95.